The molecule has 5 heteroatoms. The van der Waals surface area contributed by atoms with Crippen LogP contribution < -0.4 is 0 Å². The van der Waals surface area contributed by atoms with Crippen molar-refractivity contribution >= 4 is 43.6 Å². The van der Waals surface area contributed by atoms with E-state index in [0.29, 0.717) is 17.5 Å². The van der Waals surface area contributed by atoms with Gasteiger partial charge in [-0.15, -0.1) is 0 Å². The van der Waals surface area contributed by atoms with Gasteiger partial charge < -0.3 is 9.13 Å². The molecule has 3 heterocycles. The zero-order valence-corrected chi connectivity index (χ0v) is 27.0. The van der Waals surface area contributed by atoms with Gasteiger partial charge in [-0.1, -0.05) is 127 Å². The van der Waals surface area contributed by atoms with Gasteiger partial charge in [0.05, 0.1) is 27.8 Å². The van der Waals surface area contributed by atoms with Crippen LogP contribution in [0.1, 0.15) is 0 Å². The van der Waals surface area contributed by atoms with Crippen molar-refractivity contribution in [1.29, 1.82) is 0 Å². The van der Waals surface area contributed by atoms with E-state index in [1.807, 2.05) is 60.7 Å². The molecule has 0 amide bonds. The van der Waals surface area contributed by atoms with Crippen LogP contribution in [0, 0.1) is 0 Å². The second-order valence-electron chi connectivity index (χ2n) is 12.4. The van der Waals surface area contributed by atoms with Crippen molar-refractivity contribution in [1.82, 2.24) is 24.1 Å². The summed E-state index contributed by atoms with van der Waals surface area (Å²) < 4.78 is 4.79. The molecule has 234 valence electrons. The highest BCUT2D eigenvalue weighted by Gasteiger charge is 2.22. The van der Waals surface area contributed by atoms with Gasteiger partial charge in [0, 0.05) is 38.5 Å². The summed E-state index contributed by atoms with van der Waals surface area (Å²) in [6.07, 6.45) is 0. The van der Waals surface area contributed by atoms with Crippen LogP contribution in [0.4, 0.5) is 0 Å². The van der Waals surface area contributed by atoms with Gasteiger partial charge in [-0.25, -0.2) is 15.0 Å². The molecule has 10 rings (SSSR count). The average molecular weight is 640 g/mol. The Bertz CT molecular complexity index is 2800. The first-order valence-corrected chi connectivity index (χ1v) is 16.8. The predicted molar refractivity (Wildman–Crippen MR) is 205 cm³/mol. The zero-order valence-electron chi connectivity index (χ0n) is 27.0. The van der Waals surface area contributed by atoms with Crippen LogP contribution in [0.2, 0.25) is 0 Å². The van der Waals surface area contributed by atoms with Crippen LogP contribution in [0.15, 0.2) is 176 Å². The minimum atomic E-state index is 0.624. The third-order valence-electron chi connectivity index (χ3n) is 9.57. The highest BCUT2D eigenvalue weighted by molar-refractivity contribution is 6.28. The maximum atomic E-state index is 5.13. The van der Waals surface area contributed by atoms with Crippen LogP contribution in [-0.4, -0.2) is 24.1 Å². The van der Waals surface area contributed by atoms with Crippen molar-refractivity contribution in [3.63, 3.8) is 0 Å². The molecule has 0 fully saturated rings. The summed E-state index contributed by atoms with van der Waals surface area (Å²) in [6, 6.07) is 61.4. The molecule has 5 nitrogen and oxygen atoms in total. The average Bonchev–Trinajstić information content (AvgIpc) is 3.47. The Balaban J connectivity index is 1.32. The SMILES string of the molecule is c1ccc(-c2nc(-c3ccccc3)nc(-c3ccccc3-n3c4cccc5c6ccccc6n(-c6ccccc6)c6cccc3c6c54)n2)cc1. The van der Waals surface area contributed by atoms with Crippen molar-refractivity contribution in [2.24, 2.45) is 0 Å². The van der Waals surface area contributed by atoms with E-state index in [4.69, 9.17) is 15.0 Å². The summed E-state index contributed by atoms with van der Waals surface area (Å²) in [5.41, 5.74) is 9.49. The molecule has 0 spiro atoms. The van der Waals surface area contributed by atoms with Gasteiger partial charge >= 0.3 is 0 Å². The summed E-state index contributed by atoms with van der Waals surface area (Å²) in [6.45, 7) is 0. The number of benzene rings is 7. The molecule has 3 aromatic heterocycles. The highest BCUT2D eigenvalue weighted by atomic mass is 15.1. The van der Waals surface area contributed by atoms with Crippen LogP contribution >= 0.6 is 0 Å². The second-order valence-corrected chi connectivity index (χ2v) is 12.4. The minimum absolute atomic E-state index is 0.624. The molecule has 7 aromatic carbocycles. The minimum Gasteiger partial charge on any atom is -0.309 e. The molecule has 10 aromatic rings. The fraction of sp³-hybridized carbons (Fsp3) is 0. The zero-order chi connectivity index (χ0) is 33.0. The van der Waals surface area contributed by atoms with Crippen molar-refractivity contribution in [2.75, 3.05) is 0 Å². The molecule has 50 heavy (non-hydrogen) atoms. The molecule has 0 aliphatic carbocycles. The predicted octanol–water partition coefficient (Wildman–Crippen LogP) is 11.1. The Hall–Kier alpha value is -6.85. The number of fused-ring (bicyclic) bond motifs is 2. The van der Waals surface area contributed by atoms with E-state index in [1.54, 1.807) is 0 Å². The van der Waals surface area contributed by atoms with E-state index in [9.17, 15) is 0 Å². The standard InChI is InChI=1S/C45H29N5/c1-4-16-30(17-5-1)43-46-44(31-18-6-2-7-19-31)48-45(47-43)35-23-11-13-26-37(35)50-38-27-14-24-34-33-22-10-12-25-36(33)49(32-20-8-3-9-21-32)39-28-15-29-40(50)42(39)41(34)38/h1-29H. The molecule has 0 radical (unpaired) electrons. The first-order chi connectivity index (χ1) is 24.8. The van der Waals surface area contributed by atoms with Gasteiger partial charge in [-0.2, -0.15) is 0 Å². The second kappa shape index (κ2) is 11.4. The monoisotopic (exact) mass is 639 g/mol. The van der Waals surface area contributed by atoms with Crippen LogP contribution in [0.5, 0.6) is 0 Å². The Kier molecular flexibility index (Phi) is 6.42. The van der Waals surface area contributed by atoms with Crippen LogP contribution in [-0.2, 0) is 0 Å². The summed E-state index contributed by atoms with van der Waals surface area (Å²) in [5.74, 6) is 1.90. The lowest BCUT2D eigenvalue weighted by atomic mass is 10.1. The molecular weight excluding hydrogens is 611 g/mol. The first kappa shape index (κ1) is 28.2. The molecule has 0 bridgehead atoms. The topological polar surface area (TPSA) is 48.5 Å². The van der Waals surface area contributed by atoms with E-state index in [0.717, 1.165) is 50.1 Å². The molecule has 0 aliphatic heterocycles. The molecular formula is C45H29N5. The third-order valence-corrected chi connectivity index (χ3v) is 9.57. The quantitative estimate of drug-likeness (QED) is 0.188. The lowest BCUT2D eigenvalue weighted by Crippen LogP contribution is -2.03. The number of rotatable bonds is 5. The number of aromatic nitrogens is 5. The number of hydrogen-bond donors (Lipinski definition) is 0. The fourth-order valence-electron chi connectivity index (χ4n) is 7.43. The van der Waals surface area contributed by atoms with Gasteiger partial charge in [0.1, 0.15) is 0 Å². The summed E-state index contributed by atoms with van der Waals surface area (Å²) in [7, 11) is 0. The fourth-order valence-corrected chi connectivity index (χ4v) is 7.43. The van der Waals surface area contributed by atoms with Gasteiger partial charge in [0.15, 0.2) is 17.5 Å². The summed E-state index contributed by atoms with van der Waals surface area (Å²) in [5, 5.41) is 4.84. The van der Waals surface area contributed by atoms with E-state index in [2.05, 4.69) is 124 Å². The van der Waals surface area contributed by atoms with Crippen molar-refractivity contribution < 1.29 is 0 Å². The highest BCUT2D eigenvalue weighted by Crippen LogP contribution is 2.43. The molecule has 0 atom stereocenters. The summed E-state index contributed by atoms with van der Waals surface area (Å²) >= 11 is 0. The van der Waals surface area contributed by atoms with E-state index < -0.39 is 0 Å². The normalized spacial score (nSPS) is 11.6. The molecule has 0 N–H and O–H groups in total. The van der Waals surface area contributed by atoms with E-state index in [-0.39, 0.29) is 0 Å². The van der Waals surface area contributed by atoms with Gasteiger partial charge in [-0.3, -0.25) is 0 Å². The Labute approximate surface area is 288 Å². The van der Waals surface area contributed by atoms with Crippen molar-refractivity contribution in [3.05, 3.63) is 176 Å². The van der Waals surface area contributed by atoms with Gasteiger partial charge in [-0.05, 0) is 53.9 Å². The van der Waals surface area contributed by atoms with E-state index in [1.165, 1.54) is 21.5 Å². The number of hydrogen-bond acceptors (Lipinski definition) is 3. The molecule has 0 aliphatic rings. The lowest BCUT2D eigenvalue weighted by Gasteiger charge is -2.15. The first-order valence-electron chi connectivity index (χ1n) is 16.8. The van der Waals surface area contributed by atoms with Gasteiger partial charge in [0.2, 0.25) is 0 Å². The molecule has 0 unspecified atom stereocenters. The smallest absolute Gasteiger partial charge is 0.166 e. The molecule has 0 saturated heterocycles. The van der Waals surface area contributed by atoms with Crippen molar-refractivity contribution in [3.8, 4) is 45.5 Å². The Morgan fingerprint density at radius 1 is 0.320 bits per heavy atom. The lowest BCUT2D eigenvalue weighted by molar-refractivity contribution is 1.06. The largest absolute Gasteiger partial charge is 0.309 e. The van der Waals surface area contributed by atoms with E-state index >= 15 is 0 Å². The van der Waals surface area contributed by atoms with Gasteiger partial charge in [0.25, 0.3) is 0 Å². The Morgan fingerprint density at radius 2 is 0.800 bits per heavy atom. The van der Waals surface area contributed by atoms with Crippen LogP contribution in [0.3, 0.4) is 0 Å². The number of nitrogens with zero attached hydrogens (tertiary/aromatic N) is 5. The summed E-state index contributed by atoms with van der Waals surface area (Å²) in [4.78, 5) is 15.2. The maximum Gasteiger partial charge on any atom is 0.166 e. The third kappa shape index (κ3) is 4.37. The Morgan fingerprint density at radius 3 is 1.50 bits per heavy atom. The number of para-hydroxylation sites is 3. The van der Waals surface area contributed by atoms with Crippen molar-refractivity contribution in [2.45, 2.75) is 0 Å². The molecule has 0 saturated carbocycles. The maximum absolute atomic E-state index is 5.13. The van der Waals surface area contributed by atoms with Crippen LogP contribution in [0.25, 0.3) is 89.2 Å².